The lowest BCUT2D eigenvalue weighted by Gasteiger charge is -2.34. The first-order valence-electron chi connectivity index (χ1n) is 7.82. The van der Waals surface area contributed by atoms with Gasteiger partial charge in [0, 0.05) is 31.7 Å². The van der Waals surface area contributed by atoms with Crippen LogP contribution in [0.25, 0.3) is 0 Å². The Morgan fingerprint density at radius 3 is 2.23 bits per heavy atom. The van der Waals surface area contributed by atoms with Gasteiger partial charge in [-0.25, -0.2) is 12.8 Å². The summed E-state index contributed by atoms with van der Waals surface area (Å²) in [5.74, 6) is -0.906. The number of benzene rings is 2. The Morgan fingerprint density at radius 2 is 1.65 bits per heavy atom. The van der Waals surface area contributed by atoms with Crippen LogP contribution in [0.4, 0.5) is 4.39 Å². The third-order valence-corrected chi connectivity index (χ3v) is 6.39. The highest BCUT2D eigenvalue weighted by atomic mass is 35.5. The zero-order chi connectivity index (χ0) is 18.9. The van der Waals surface area contributed by atoms with Crippen LogP contribution in [-0.4, -0.2) is 54.8 Å². The minimum Gasteiger partial charge on any atom is -0.506 e. The summed E-state index contributed by atoms with van der Waals surface area (Å²) in [7, 11) is -3.73. The predicted molar refractivity (Wildman–Crippen MR) is 94.2 cm³/mol. The predicted octanol–water partition coefficient (Wildman–Crippen LogP) is 2.33. The van der Waals surface area contributed by atoms with E-state index in [0.29, 0.717) is 5.56 Å². The fourth-order valence-electron chi connectivity index (χ4n) is 2.71. The zero-order valence-corrected chi connectivity index (χ0v) is 15.2. The van der Waals surface area contributed by atoms with E-state index in [1.54, 1.807) is 0 Å². The van der Waals surface area contributed by atoms with Crippen LogP contribution in [0.3, 0.4) is 0 Å². The Kier molecular flexibility index (Phi) is 5.17. The normalized spacial score (nSPS) is 15.8. The van der Waals surface area contributed by atoms with Gasteiger partial charge in [-0.05, 0) is 42.5 Å². The number of amides is 1. The molecule has 6 nitrogen and oxygen atoms in total. The van der Waals surface area contributed by atoms with Crippen molar-refractivity contribution in [2.75, 3.05) is 26.2 Å². The summed E-state index contributed by atoms with van der Waals surface area (Å²) < 4.78 is 39.4. The van der Waals surface area contributed by atoms with Crippen molar-refractivity contribution in [1.29, 1.82) is 0 Å². The van der Waals surface area contributed by atoms with Gasteiger partial charge in [0.15, 0.2) is 0 Å². The molecule has 0 radical (unpaired) electrons. The van der Waals surface area contributed by atoms with Gasteiger partial charge in [-0.3, -0.25) is 4.79 Å². The standard InChI is InChI=1S/C17H16ClFN2O4S/c18-15-11-12(1-6-16(15)22)17(23)20-7-9-21(10-8-20)26(24,25)14-4-2-13(19)3-5-14/h1-6,11,22H,7-10H2. The van der Waals surface area contributed by atoms with Crippen molar-refractivity contribution in [2.24, 2.45) is 0 Å². The summed E-state index contributed by atoms with van der Waals surface area (Å²) in [6.07, 6.45) is 0. The first-order valence-corrected chi connectivity index (χ1v) is 9.64. The second-order valence-corrected chi connectivity index (χ2v) is 8.16. The first-order chi connectivity index (χ1) is 12.3. The summed E-state index contributed by atoms with van der Waals surface area (Å²) >= 11 is 5.82. The van der Waals surface area contributed by atoms with Crippen molar-refractivity contribution in [3.8, 4) is 5.75 Å². The summed E-state index contributed by atoms with van der Waals surface area (Å²) in [5, 5.41) is 9.51. The second kappa shape index (κ2) is 7.22. The van der Waals surface area contributed by atoms with E-state index in [1.165, 1.54) is 39.5 Å². The molecule has 1 fully saturated rings. The molecule has 0 bridgehead atoms. The number of carbonyl (C=O) groups excluding carboxylic acids is 1. The van der Waals surface area contributed by atoms with Gasteiger partial charge in [0.05, 0.1) is 9.92 Å². The van der Waals surface area contributed by atoms with E-state index in [2.05, 4.69) is 0 Å². The topological polar surface area (TPSA) is 77.9 Å². The van der Waals surface area contributed by atoms with Crippen LogP contribution in [0.15, 0.2) is 47.4 Å². The minimum absolute atomic E-state index is 0.0176. The number of sulfonamides is 1. The quantitative estimate of drug-likeness (QED) is 0.860. The van der Waals surface area contributed by atoms with Crippen LogP contribution in [-0.2, 0) is 10.0 Å². The molecule has 1 N–H and O–H groups in total. The molecule has 0 aliphatic carbocycles. The molecule has 26 heavy (non-hydrogen) atoms. The Bertz CT molecular complexity index is 926. The number of rotatable bonds is 3. The molecule has 9 heteroatoms. The number of nitrogens with zero attached hydrogens (tertiary/aromatic N) is 2. The van der Waals surface area contributed by atoms with E-state index in [1.807, 2.05) is 0 Å². The molecule has 0 spiro atoms. The number of phenols is 1. The van der Waals surface area contributed by atoms with Gasteiger partial charge < -0.3 is 10.0 Å². The summed E-state index contributed by atoms with van der Waals surface area (Å²) in [6, 6.07) is 8.82. The fourth-order valence-corrected chi connectivity index (χ4v) is 4.31. The van der Waals surface area contributed by atoms with Crippen LogP contribution in [0, 0.1) is 5.82 Å². The Balaban J connectivity index is 1.69. The highest BCUT2D eigenvalue weighted by molar-refractivity contribution is 7.89. The minimum atomic E-state index is -3.73. The largest absolute Gasteiger partial charge is 0.506 e. The van der Waals surface area contributed by atoms with Crippen molar-refractivity contribution in [3.63, 3.8) is 0 Å². The maximum atomic E-state index is 13.0. The van der Waals surface area contributed by atoms with E-state index in [4.69, 9.17) is 11.6 Å². The molecule has 0 saturated carbocycles. The highest BCUT2D eigenvalue weighted by Gasteiger charge is 2.30. The van der Waals surface area contributed by atoms with Crippen molar-refractivity contribution in [1.82, 2.24) is 9.21 Å². The molecule has 2 aromatic rings. The van der Waals surface area contributed by atoms with E-state index < -0.39 is 15.8 Å². The highest BCUT2D eigenvalue weighted by Crippen LogP contribution is 2.25. The van der Waals surface area contributed by atoms with E-state index in [-0.39, 0.29) is 47.8 Å². The number of carbonyl (C=O) groups is 1. The van der Waals surface area contributed by atoms with Crippen molar-refractivity contribution >= 4 is 27.5 Å². The molecule has 1 heterocycles. The smallest absolute Gasteiger partial charge is 0.253 e. The molecular formula is C17H16ClFN2O4S. The van der Waals surface area contributed by atoms with Crippen LogP contribution in [0.2, 0.25) is 5.02 Å². The summed E-state index contributed by atoms with van der Waals surface area (Å²) in [5.41, 5.74) is 0.322. The van der Waals surface area contributed by atoms with Gasteiger partial charge in [-0.15, -0.1) is 0 Å². The molecule has 0 atom stereocenters. The first kappa shape index (κ1) is 18.6. The zero-order valence-electron chi connectivity index (χ0n) is 13.6. The molecule has 3 rings (SSSR count). The molecule has 0 aromatic heterocycles. The summed E-state index contributed by atoms with van der Waals surface area (Å²) in [6.45, 7) is 0.712. The van der Waals surface area contributed by atoms with Gasteiger partial charge in [0.1, 0.15) is 11.6 Å². The van der Waals surface area contributed by atoms with Crippen molar-refractivity contribution in [2.45, 2.75) is 4.90 Å². The van der Waals surface area contributed by atoms with Gasteiger partial charge in [0.2, 0.25) is 10.0 Å². The molecule has 1 amide bonds. The lowest BCUT2D eigenvalue weighted by atomic mass is 10.2. The molecule has 1 aliphatic rings. The Morgan fingerprint density at radius 1 is 1.04 bits per heavy atom. The molecule has 0 unspecified atom stereocenters. The van der Waals surface area contributed by atoms with Gasteiger partial charge in [-0.1, -0.05) is 11.6 Å². The van der Waals surface area contributed by atoms with Crippen LogP contribution >= 0.6 is 11.6 Å². The molecule has 138 valence electrons. The van der Waals surface area contributed by atoms with Crippen LogP contribution in [0.5, 0.6) is 5.75 Å². The molecule has 1 saturated heterocycles. The third-order valence-electron chi connectivity index (χ3n) is 4.17. The second-order valence-electron chi connectivity index (χ2n) is 5.82. The number of hydrogen-bond acceptors (Lipinski definition) is 4. The number of phenolic OH excluding ortho intramolecular Hbond substituents is 1. The number of aromatic hydroxyl groups is 1. The van der Waals surface area contributed by atoms with E-state index >= 15 is 0 Å². The average Bonchev–Trinajstić information content (AvgIpc) is 2.64. The number of piperazine rings is 1. The molecular weight excluding hydrogens is 383 g/mol. The van der Waals surface area contributed by atoms with Crippen molar-refractivity contribution in [3.05, 3.63) is 58.9 Å². The number of hydrogen-bond donors (Lipinski definition) is 1. The van der Waals surface area contributed by atoms with Gasteiger partial charge >= 0.3 is 0 Å². The lowest BCUT2D eigenvalue weighted by Crippen LogP contribution is -2.50. The lowest BCUT2D eigenvalue weighted by molar-refractivity contribution is 0.0698. The van der Waals surface area contributed by atoms with Crippen LogP contribution in [0.1, 0.15) is 10.4 Å². The maximum absolute atomic E-state index is 13.0. The third kappa shape index (κ3) is 3.67. The molecule has 2 aromatic carbocycles. The van der Waals surface area contributed by atoms with E-state index in [0.717, 1.165) is 12.1 Å². The summed E-state index contributed by atoms with van der Waals surface area (Å²) in [4.78, 5) is 14.0. The van der Waals surface area contributed by atoms with Gasteiger partial charge in [0.25, 0.3) is 5.91 Å². The Labute approximate surface area is 155 Å². The average molecular weight is 399 g/mol. The molecule has 1 aliphatic heterocycles. The van der Waals surface area contributed by atoms with Crippen LogP contribution < -0.4 is 0 Å². The van der Waals surface area contributed by atoms with E-state index in [9.17, 15) is 22.7 Å². The van der Waals surface area contributed by atoms with Crippen molar-refractivity contribution < 1.29 is 22.7 Å². The SMILES string of the molecule is O=C(c1ccc(O)c(Cl)c1)N1CCN(S(=O)(=O)c2ccc(F)cc2)CC1. The Hall–Kier alpha value is -2.16. The monoisotopic (exact) mass is 398 g/mol. The maximum Gasteiger partial charge on any atom is 0.253 e. The van der Waals surface area contributed by atoms with Gasteiger partial charge in [-0.2, -0.15) is 4.31 Å². The fraction of sp³-hybridized carbons (Fsp3) is 0.235. The number of halogens is 2.